The van der Waals surface area contributed by atoms with Gasteiger partial charge in [0.25, 0.3) is 5.91 Å². The first kappa shape index (κ1) is 26.5. The van der Waals surface area contributed by atoms with Gasteiger partial charge in [0.1, 0.15) is 12.1 Å². The summed E-state index contributed by atoms with van der Waals surface area (Å²) in [5, 5.41) is 15.2. The molecule has 0 saturated carbocycles. The minimum absolute atomic E-state index is 0.0164. The number of carbonyl (C=O) groups excluding carboxylic acids is 3. The van der Waals surface area contributed by atoms with Crippen LogP contribution in [0.4, 0.5) is 9.59 Å². The Morgan fingerprint density at radius 2 is 1.69 bits per heavy atom. The largest absolute Gasteiger partial charge is 0.445 e. The SMILES string of the molecule is CC(C)C[C@H](OC(=O)NCc1ccccc1)C(=O)NC1(C#N)CCN(C(=O)OCc2ccccc2)C1. The molecule has 2 atom stereocenters. The Morgan fingerprint density at radius 1 is 1.06 bits per heavy atom. The number of rotatable bonds is 9. The molecule has 36 heavy (non-hydrogen) atoms. The lowest BCUT2D eigenvalue weighted by Crippen LogP contribution is -2.54. The molecule has 3 rings (SSSR count). The molecule has 0 aliphatic carbocycles. The number of nitriles is 1. The van der Waals surface area contributed by atoms with Gasteiger partial charge >= 0.3 is 12.2 Å². The number of amides is 3. The van der Waals surface area contributed by atoms with E-state index in [0.29, 0.717) is 0 Å². The van der Waals surface area contributed by atoms with Gasteiger partial charge in [0, 0.05) is 19.5 Å². The molecule has 1 saturated heterocycles. The minimum atomic E-state index is -1.29. The predicted octanol–water partition coefficient (Wildman–Crippen LogP) is 3.75. The summed E-state index contributed by atoms with van der Waals surface area (Å²) in [7, 11) is 0. The first-order chi connectivity index (χ1) is 17.3. The van der Waals surface area contributed by atoms with Crippen molar-refractivity contribution in [1.82, 2.24) is 15.5 Å². The number of carbonyl (C=O) groups is 3. The van der Waals surface area contributed by atoms with Crippen LogP contribution in [-0.4, -0.2) is 47.7 Å². The van der Waals surface area contributed by atoms with Gasteiger partial charge in [-0.1, -0.05) is 74.5 Å². The van der Waals surface area contributed by atoms with E-state index in [4.69, 9.17) is 9.47 Å². The van der Waals surface area contributed by atoms with Crippen molar-refractivity contribution in [3.05, 3.63) is 71.8 Å². The molecule has 1 aliphatic rings. The molecule has 2 aromatic carbocycles. The quantitative estimate of drug-likeness (QED) is 0.550. The zero-order valence-electron chi connectivity index (χ0n) is 20.6. The Bertz CT molecular complexity index is 1070. The Labute approximate surface area is 211 Å². The summed E-state index contributed by atoms with van der Waals surface area (Å²) in [6, 6.07) is 20.8. The van der Waals surface area contributed by atoms with Crippen LogP contribution >= 0.6 is 0 Å². The van der Waals surface area contributed by atoms with Crippen molar-refractivity contribution < 1.29 is 23.9 Å². The number of ether oxygens (including phenoxy) is 2. The highest BCUT2D eigenvalue weighted by molar-refractivity contribution is 5.84. The molecule has 0 bridgehead atoms. The van der Waals surface area contributed by atoms with Crippen LogP contribution in [0.2, 0.25) is 0 Å². The molecular weight excluding hydrogens is 460 g/mol. The van der Waals surface area contributed by atoms with Crippen LogP contribution in [-0.2, 0) is 27.4 Å². The molecule has 1 unspecified atom stereocenters. The number of hydrogen-bond acceptors (Lipinski definition) is 6. The van der Waals surface area contributed by atoms with Crippen LogP contribution in [0.3, 0.4) is 0 Å². The first-order valence-corrected chi connectivity index (χ1v) is 12.0. The Balaban J connectivity index is 1.56. The fourth-order valence-electron chi connectivity index (χ4n) is 3.89. The summed E-state index contributed by atoms with van der Waals surface area (Å²) in [5.74, 6) is -0.506. The topological polar surface area (TPSA) is 121 Å². The van der Waals surface area contributed by atoms with E-state index in [9.17, 15) is 19.6 Å². The molecule has 3 amide bonds. The molecule has 9 nitrogen and oxygen atoms in total. The number of nitrogens with one attached hydrogen (secondary N) is 2. The lowest BCUT2D eigenvalue weighted by Gasteiger charge is -2.26. The van der Waals surface area contributed by atoms with Crippen molar-refractivity contribution in [2.24, 2.45) is 5.92 Å². The van der Waals surface area contributed by atoms with Crippen molar-refractivity contribution in [3.63, 3.8) is 0 Å². The van der Waals surface area contributed by atoms with Crippen molar-refractivity contribution in [1.29, 1.82) is 5.26 Å². The molecular formula is C27H32N4O5. The third kappa shape index (κ3) is 7.73. The van der Waals surface area contributed by atoms with Crippen LogP contribution < -0.4 is 10.6 Å². The molecule has 9 heteroatoms. The number of hydrogen-bond donors (Lipinski definition) is 2. The first-order valence-electron chi connectivity index (χ1n) is 12.0. The van der Waals surface area contributed by atoms with E-state index in [1.807, 2.05) is 74.5 Å². The molecule has 1 fully saturated rings. The maximum absolute atomic E-state index is 13.1. The second kappa shape index (κ2) is 12.6. The van der Waals surface area contributed by atoms with E-state index in [0.717, 1.165) is 11.1 Å². The zero-order valence-corrected chi connectivity index (χ0v) is 20.6. The minimum Gasteiger partial charge on any atom is -0.445 e. The molecule has 1 heterocycles. The summed E-state index contributed by atoms with van der Waals surface area (Å²) in [5.41, 5.74) is 0.458. The van der Waals surface area contributed by atoms with Crippen molar-refractivity contribution in [2.75, 3.05) is 13.1 Å². The van der Waals surface area contributed by atoms with Gasteiger partial charge in [0.2, 0.25) is 0 Å². The Hall–Kier alpha value is -4.06. The van der Waals surface area contributed by atoms with Gasteiger partial charge in [0.15, 0.2) is 6.10 Å². The summed E-state index contributed by atoms with van der Waals surface area (Å²) in [6.45, 7) is 4.44. The van der Waals surface area contributed by atoms with E-state index in [1.54, 1.807) is 0 Å². The highest BCUT2D eigenvalue weighted by Gasteiger charge is 2.43. The maximum Gasteiger partial charge on any atom is 0.410 e. The molecule has 190 valence electrons. The van der Waals surface area contributed by atoms with Gasteiger partial charge in [-0.05, 0) is 23.5 Å². The summed E-state index contributed by atoms with van der Waals surface area (Å²) in [4.78, 5) is 39.4. The van der Waals surface area contributed by atoms with Gasteiger partial charge in [0.05, 0.1) is 12.6 Å². The Morgan fingerprint density at radius 3 is 2.31 bits per heavy atom. The predicted molar refractivity (Wildman–Crippen MR) is 132 cm³/mol. The van der Waals surface area contributed by atoms with Crippen LogP contribution in [0.1, 0.15) is 37.8 Å². The van der Waals surface area contributed by atoms with Gasteiger partial charge in [-0.25, -0.2) is 9.59 Å². The number of benzene rings is 2. The van der Waals surface area contributed by atoms with Crippen molar-refractivity contribution in [2.45, 2.75) is 51.5 Å². The summed E-state index contributed by atoms with van der Waals surface area (Å²) in [6.07, 6.45) is -1.83. The fourth-order valence-corrected chi connectivity index (χ4v) is 3.89. The average Bonchev–Trinajstić information content (AvgIpc) is 3.31. The summed E-state index contributed by atoms with van der Waals surface area (Å²) >= 11 is 0. The lowest BCUT2D eigenvalue weighted by atomic mass is 9.99. The van der Waals surface area contributed by atoms with Crippen LogP contribution in [0.5, 0.6) is 0 Å². The molecule has 1 aliphatic heterocycles. The van der Waals surface area contributed by atoms with Gasteiger partial charge in [-0.3, -0.25) is 4.79 Å². The number of alkyl carbamates (subject to hydrolysis) is 1. The molecule has 0 radical (unpaired) electrons. The van der Waals surface area contributed by atoms with E-state index in [1.165, 1.54) is 4.90 Å². The standard InChI is InChI=1S/C27H32N4O5/c1-20(2)15-23(36-25(33)29-16-21-9-5-3-6-10-21)24(32)30-27(18-28)13-14-31(19-27)26(34)35-17-22-11-7-4-8-12-22/h3-12,20,23H,13-17,19H2,1-2H3,(H,29,33)(H,30,32)/t23-,27?/m0/s1. The third-order valence-electron chi connectivity index (χ3n) is 5.82. The van der Waals surface area contributed by atoms with Crippen molar-refractivity contribution in [3.8, 4) is 6.07 Å². The van der Waals surface area contributed by atoms with Crippen LogP contribution in [0, 0.1) is 17.2 Å². The monoisotopic (exact) mass is 492 g/mol. The van der Waals surface area contributed by atoms with E-state index in [-0.39, 0.29) is 45.0 Å². The normalized spacial score (nSPS) is 17.7. The second-order valence-electron chi connectivity index (χ2n) is 9.26. The van der Waals surface area contributed by atoms with E-state index >= 15 is 0 Å². The molecule has 0 spiro atoms. The van der Waals surface area contributed by atoms with Gasteiger partial charge in [-0.15, -0.1) is 0 Å². The fraction of sp³-hybridized carbons (Fsp3) is 0.407. The highest BCUT2D eigenvalue weighted by Crippen LogP contribution is 2.23. The summed E-state index contributed by atoms with van der Waals surface area (Å²) < 4.78 is 10.8. The lowest BCUT2D eigenvalue weighted by molar-refractivity contribution is -0.131. The highest BCUT2D eigenvalue weighted by atomic mass is 16.6. The number of nitrogens with zero attached hydrogens (tertiary/aromatic N) is 2. The smallest absolute Gasteiger partial charge is 0.410 e. The van der Waals surface area contributed by atoms with Crippen LogP contribution in [0.15, 0.2) is 60.7 Å². The van der Waals surface area contributed by atoms with Gasteiger partial charge in [-0.2, -0.15) is 5.26 Å². The third-order valence-corrected chi connectivity index (χ3v) is 5.82. The molecule has 2 N–H and O–H groups in total. The van der Waals surface area contributed by atoms with Gasteiger partial charge < -0.3 is 25.0 Å². The Kier molecular flexibility index (Phi) is 9.28. The molecule has 0 aromatic heterocycles. The zero-order chi connectivity index (χ0) is 26.0. The maximum atomic E-state index is 13.1. The van der Waals surface area contributed by atoms with E-state index < -0.39 is 29.7 Å². The average molecular weight is 493 g/mol. The van der Waals surface area contributed by atoms with Crippen molar-refractivity contribution >= 4 is 18.1 Å². The van der Waals surface area contributed by atoms with Crippen LogP contribution in [0.25, 0.3) is 0 Å². The second-order valence-corrected chi connectivity index (χ2v) is 9.26. The number of likely N-dealkylation sites (tertiary alicyclic amines) is 1. The van der Waals surface area contributed by atoms with E-state index in [2.05, 4.69) is 16.7 Å². The molecule has 2 aromatic rings.